The highest BCUT2D eigenvalue weighted by molar-refractivity contribution is 5.83. The first-order valence-electron chi connectivity index (χ1n) is 7.37. The number of amides is 1. The van der Waals surface area contributed by atoms with Crippen LogP contribution in [0.2, 0.25) is 0 Å². The Morgan fingerprint density at radius 1 is 1.19 bits per heavy atom. The Balaban J connectivity index is 2.28. The van der Waals surface area contributed by atoms with E-state index in [-0.39, 0.29) is 6.42 Å². The van der Waals surface area contributed by atoms with Gasteiger partial charge in [0.25, 0.3) is 0 Å². The highest BCUT2D eigenvalue weighted by Gasteiger charge is 2.36. The average Bonchev–Trinajstić information content (AvgIpc) is 2.37. The van der Waals surface area contributed by atoms with Crippen molar-refractivity contribution in [3.05, 3.63) is 0 Å². The van der Waals surface area contributed by atoms with Gasteiger partial charge >= 0.3 is 12.1 Å². The Labute approximate surface area is 122 Å². The van der Waals surface area contributed by atoms with E-state index in [4.69, 9.17) is 5.11 Å². The normalized spacial score (nSPS) is 18.2. The molecule has 0 saturated heterocycles. The first-order chi connectivity index (χ1) is 9.78. The smallest absolute Gasteiger partial charge is 0.391 e. The summed E-state index contributed by atoms with van der Waals surface area (Å²) in [4.78, 5) is 22.3. The molecule has 1 aliphatic carbocycles. The third-order valence-corrected chi connectivity index (χ3v) is 3.81. The summed E-state index contributed by atoms with van der Waals surface area (Å²) in [5.74, 6) is -1.69. The van der Waals surface area contributed by atoms with Crippen LogP contribution < -0.4 is 5.32 Å². The summed E-state index contributed by atoms with van der Waals surface area (Å²) in [5, 5.41) is 10.7. The molecule has 0 spiro atoms. The summed E-state index contributed by atoms with van der Waals surface area (Å²) in [5.41, 5.74) is 0. The van der Waals surface area contributed by atoms with Crippen LogP contribution >= 0.6 is 0 Å². The molecule has 122 valence electrons. The minimum atomic E-state index is -4.61. The zero-order chi connectivity index (χ0) is 15.9. The Bertz CT molecular complexity index is 352. The number of hydrogen-bond acceptors (Lipinski definition) is 2. The summed E-state index contributed by atoms with van der Waals surface area (Å²) in [6.07, 6.45) is 1.33. The van der Waals surface area contributed by atoms with E-state index < -0.39 is 30.5 Å². The third-order valence-electron chi connectivity index (χ3n) is 3.81. The quantitative estimate of drug-likeness (QED) is 0.758. The van der Waals surface area contributed by atoms with Crippen LogP contribution in [0.25, 0.3) is 0 Å². The van der Waals surface area contributed by atoms with Crippen molar-refractivity contribution in [2.45, 2.75) is 70.0 Å². The maximum Gasteiger partial charge on any atom is 0.391 e. The van der Waals surface area contributed by atoms with Crippen LogP contribution in [0.3, 0.4) is 0 Å². The first kappa shape index (κ1) is 17.8. The predicted molar refractivity (Wildman–Crippen MR) is 70.7 cm³/mol. The van der Waals surface area contributed by atoms with Gasteiger partial charge in [0.15, 0.2) is 0 Å². The first-order valence-corrected chi connectivity index (χ1v) is 7.37. The number of rotatable bonds is 7. The molecule has 0 bridgehead atoms. The molecule has 1 amide bonds. The van der Waals surface area contributed by atoms with Crippen molar-refractivity contribution >= 4 is 11.9 Å². The van der Waals surface area contributed by atoms with Gasteiger partial charge in [-0.05, 0) is 18.8 Å². The third kappa shape index (κ3) is 7.92. The number of carboxylic acid groups (broad SMARTS) is 1. The van der Waals surface area contributed by atoms with Crippen LogP contribution in [0.15, 0.2) is 0 Å². The fraction of sp³-hybridized carbons (Fsp3) is 0.857. The van der Waals surface area contributed by atoms with Crippen molar-refractivity contribution in [3.8, 4) is 0 Å². The number of nitrogens with one attached hydrogen (secondary N) is 1. The lowest BCUT2D eigenvalue weighted by atomic mass is 9.86. The number of carboxylic acids is 1. The Kier molecular flexibility index (Phi) is 6.98. The van der Waals surface area contributed by atoms with Crippen LogP contribution in [0.4, 0.5) is 13.2 Å². The predicted octanol–water partition coefficient (Wildman–Crippen LogP) is 3.26. The SMILES string of the molecule is O=C(CCCC1CCCCC1)NC(CC(F)(F)F)C(=O)O. The molecule has 21 heavy (non-hydrogen) atoms. The lowest BCUT2D eigenvalue weighted by Gasteiger charge is -2.21. The van der Waals surface area contributed by atoms with Crippen LogP contribution in [0.5, 0.6) is 0 Å². The number of hydrogen-bond donors (Lipinski definition) is 2. The van der Waals surface area contributed by atoms with E-state index in [1.54, 1.807) is 0 Å². The maximum atomic E-state index is 12.2. The molecule has 1 atom stereocenters. The molecule has 1 unspecified atom stereocenters. The molecular formula is C14H22F3NO3. The van der Waals surface area contributed by atoms with Gasteiger partial charge in [-0.25, -0.2) is 4.79 Å². The van der Waals surface area contributed by atoms with Crippen molar-refractivity contribution in [2.24, 2.45) is 5.92 Å². The standard InChI is InChI=1S/C14H22F3NO3/c15-14(16,17)9-11(13(20)21)18-12(19)8-4-7-10-5-2-1-3-6-10/h10-11H,1-9H2,(H,18,19)(H,20,21). The zero-order valence-electron chi connectivity index (χ0n) is 11.9. The molecule has 2 N–H and O–H groups in total. The van der Waals surface area contributed by atoms with E-state index in [0.29, 0.717) is 12.3 Å². The Morgan fingerprint density at radius 2 is 1.81 bits per heavy atom. The maximum absolute atomic E-state index is 12.2. The lowest BCUT2D eigenvalue weighted by molar-refractivity contribution is -0.160. The lowest BCUT2D eigenvalue weighted by Crippen LogP contribution is -2.43. The average molecular weight is 309 g/mol. The molecule has 0 aliphatic heterocycles. The molecule has 1 rings (SSSR count). The fourth-order valence-electron chi connectivity index (χ4n) is 2.73. The van der Waals surface area contributed by atoms with Gasteiger partial charge in [-0.3, -0.25) is 4.79 Å². The molecule has 0 heterocycles. The van der Waals surface area contributed by atoms with Crippen molar-refractivity contribution in [3.63, 3.8) is 0 Å². The molecule has 7 heteroatoms. The van der Waals surface area contributed by atoms with Gasteiger partial charge in [-0.15, -0.1) is 0 Å². The summed E-state index contributed by atoms with van der Waals surface area (Å²) in [7, 11) is 0. The van der Waals surface area contributed by atoms with E-state index >= 15 is 0 Å². The second-order valence-corrected chi connectivity index (χ2v) is 5.67. The summed E-state index contributed by atoms with van der Waals surface area (Å²) >= 11 is 0. The van der Waals surface area contributed by atoms with Crippen molar-refractivity contribution in [1.29, 1.82) is 0 Å². The molecule has 0 aromatic carbocycles. The minimum Gasteiger partial charge on any atom is -0.480 e. The number of alkyl halides is 3. The largest absolute Gasteiger partial charge is 0.480 e. The van der Waals surface area contributed by atoms with Gasteiger partial charge in [0.1, 0.15) is 6.04 Å². The minimum absolute atomic E-state index is 0.0815. The van der Waals surface area contributed by atoms with Crippen LogP contribution in [0, 0.1) is 5.92 Å². The molecule has 1 fully saturated rings. The zero-order valence-corrected chi connectivity index (χ0v) is 11.9. The summed E-state index contributed by atoms with van der Waals surface area (Å²) < 4.78 is 36.6. The molecule has 1 aliphatic rings. The van der Waals surface area contributed by atoms with Gasteiger partial charge in [0, 0.05) is 6.42 Å². The van der Waals surface area contributed by atoms with Crippen LogP contribution in [0.1, 0.15) is 57.8 Å². The van der Waals surface area contributed by atoms with Gasteiger partial charge in [-0.1, -0.05) is 32.1 Å². The van der Waals surface area contributed by atoms with Gasteiger partial charge in [0.05, 0.1) is 6.42 Å². The van der Waals surface area contributed by atoms with Crippen molar-refractivity contribution in [2.75, 3.05) is 0 Å². The summed E-state index contributed by atoms with van der Waals surface area (Å²) in [6, 6.07) is -1.90. The Morgan fingerprint density at radius 3 is 2.33 bits per heavy atom. The van der Waals surface area contributed by atoms with E-state index in [0.717, 1.165) is 19.3 Å². The highest BCUT2D eigenvalue weighted by atomic mass is 19.4. The van der Waals surface area contributed by atoms with Gasteiger partial charge < -0.3 is 10.4 Å². The van der Waals surface area contributed by atoms with E-state index in [2.05, 4.69) is 0 Å². The van der Waals surface area contributed by atoms with E-state index in [9.17, 15) is 22.8 Å². The highest BCUT2D eigenvalue weighted by Crippen LogP contribution is 2.27. The number of carbonyl (C=O) groups excluding carboxylic acids is 1. The summed E-state index contributed by atoms with van der Waals surface area (Å²) in [6.45, 7) is 0. The topological polar surface area (TPSA) is 66.4 Å². The molecule has 1 saturated carbocycles. The number of halogens is 3. The molecule has 0 aromatic rings. The molecule has 0 radical (unpaired) electrons. The Hall–Kier alpha value is -1.27. The monoisotopic (exact) mass is 309 g/mol. The number of carbonyl (C=O) groups is 2. The molecular weight excluding hydrogens is 287 g/mol. The second-order valence-electron chi connectivity index (χ2n) is 5.67. The fourth-order valence-corrected chi connectivity index (χ4v) is 2.73. The second kappa shape index (κ2) is 8.24. The van der Waals surface area contributed by atoms with E-state index in [1.165, 1.54) is 19.3 Å². The molecule has 0 aromatic heterocycles. The number of aliphatic carboxylic acids is 1. The van der Waals surface area contributed by atoms with Crippen molar-refractivity contribution in [1.82, 2.24) is 5.32 Å². The van der Waals surface area contributed by atoms with Crippen molar-refractivity contribution < 1.29 is 27.9 Å². The van der Waals surface area contributed by atoms with E-state index in [1.807, 2.05) is 5.32 Å². The van der Waals surface area contributed by atoms with Crippen LogP contribution in [-0.4, -0.2) is 29.2 Å². The van der Waals surface area contributed by atoms with Gasteiger partial charge in [0.2, 0.25) is 5.91 Å². The van der Waals surface area contributed by atoms with Gasteiger partial charge in [-0.2, -0.15) is 13.2 Å². The molecule has 4 nitrogen and oxygen atoms in total. The van der Waals surface area contributed by atoms with Crippen LogP contribution in [-0.2, 0) is 9.59 Å².